The highest BCUT2D eigenvalue weighted by molar-refractivity contribution is 6.38. The number of alkyl carbamates (subject to hydrolysis) is 1. The number of nitrogens with two attached hydrogens (primary N) is 1. The Morgan fingerprint density at radius 2 is 1.51 bits per heavy atom. The Morgan fingerprint density at radius 3 is 1.95 bits per heavy atom. The summed E-state index contributed by atoms with van der Waals surface area (Å²) in [5.74, 6) is -1.92. The lowest BCUT2D eigenvalue weighted by molar-refractivity contribution is -0.144. The summed E-state index contributed by atoms with van der Waals surface area (Å²) in [6.07, 6.45) is 4.28. The Hall–Kier alpha value is -4.33. The second kappa shape index (κ2) is 21.4. The van der Waals surface area contributed by atoms with Crippen molar-refractivity contribution in [2.24, 2.45) is 34.8 Å². The van der Waals surface area contributed by atoms with Crippen molar-refractivity contribution in [3.05, 3.63) is 35.9 Å². The molecular formula is C43H70N6O8. The summed E-state index contributed by atoms with van der Waals surface area (Å²) < 4.78 is 5.45. The lowest BCUT2D eigenvalue weighted by Crippen LogP contribution is -2.60. The number of ketones is 2. The molecule has 4 unspecified atom stereocenters. The molecule has 0 aromatic heterocycles. The zero-order valence-corrected chi connectivity index (χ0v) is 36.4. The molecule has 1 aliphatic carbocycles. The predicted octanol–water partition coefficient (Wildman–Crippen LogP) is 4.55. The number of benzene rings is 1. The van der Waals surface area contributed by atoms with E-state index >= 15 is 0 Å². The van der Waals surface area contributed by atoms with Crippen LogP contribution in [0.25, 0.3) is 0 Å². The van der Waals surface area contributed by atoms with Gasteiger partial charge in [0.05, 0.1) is 12.6 Å². The maximum absolute atomic E-state index is 14.2. The molecule has 1 saturated carbocycles. The zero-order valence-electron chi connectivity index (χ0n) is 36.4. The van der Waals surface area contributed by atoms with Crippen molar-refractivity contribution in [3.8, 4) is 0 Å². The first kappa shape index (κ1) is 48.8. The number of likely N-dealkylation sites (tertiary alicyclic amines) is 1. The minimum atomic E-state index is -0.933. The van der Waals surface area contributed by atoms with Gasteiger partial charge >= 0.3 is 6.09 Å². The van der Waals surface area contributed by atoms with Crippen molar-refractivity contribution < 1.29 is 38.3 Å². The van der Waals surface area contributed by atoms with E-state index in [-0.39, 0.29) is 42.0 Å². The molecule has 57 heavy (non-hydrogen) atoms. The molecular weight excluding hydrogens is 729 g/mol. The number of hydrogen-bond donors (Lipinski definition) is 4. The smallest absolute Gasteiger partial charge is 0.408 e. The second-order valence-electron chi connectivity index (χ2n) is 18.2. The first-order valence-corrected chi connectivity index (χ1v) is 20.3. The van der Waals surface area contributed by atoms with Gasteiger partial charge in [0, 0.05) is 27.6 Å². The first-order chi connectivity index (χ1) is 26.4. The number of Topliss-reactive ketones (excluding diaryl/α,β-unsaturated/α-hetero) is 2. The van der Waals surface area contributed by atoms with E-state index in [9.17, 15) is 33.6 Å². The normalized spacial score (nSPS) is 19.8. The third kappa shape index (κ3) is 14.8. The van der Waals surface area contributed by atoms with Gasteiger partial charge in [0.2, 0.25) is 29.4 Å². The van der Waals surface area contributed by atoms with Gasteiger partial charge in [-0.25, -0.2) is 4.79 Å². The second-order valence-corrected chi connectivity index (χ2v) is 18.2. The van der Waals surface area contributed by atoms with Gasteiger partial charge in [-0.1, -0.05) is 97.6 Å². The number of amides is 5. The van der Waals surface area contributed by atoms with E-state index in [4.69, 9.17) is 10.5 Å². The van der Waals surface area contributed by atoms with Crippen LogP contribution >= 0.6 is 0 Å². The van der Waals surface area contributed by atoms with Gasteiger partial charge in [0.25, 0.3) is 0 Å². The number of rotatable bonds is 15. The zero-order chi connectivity index (χ0) is 43.4. The van der Waals surface area contributed by atoms with Crippen LogP contribution in [-0.4, -0.2) is 102 Å². The Kier molecular flexibility index (Phi) is 18.4. The topological polar surface area (TPSA) is 197 Å². The fourth-order valence-electron chi connectivity index (χ4n) is 7.30. The molecule has 320 valence electrons. The molecule has 1 saturated heterocycles. The van der Waals surface area contributed by atoms with E-state index in [1.54, 1.807) is 51.9 Å². The lowest BCUT2D eigenvalue weighted by Gasteiger charge is -2.37. The quantitative estimate of drug-likeness (QED) is 0.184. The maximum Gasteiger partial charge on any atom is 0.408 e. The van der Waals surface area contributed by atoms with Crippen LogP contribution in [0.2, 0.25) is 0 Å². The molecule has 1 aromatic carbocycles. The maximum atomic E-state index is 14.2. The van der Waals surface area contributed by atoms with Crippen LogP contribution < -0.4 is 21.7 Å². The van der Waals surface area contributed by atoms with Crippen LogP contribution in [0.4, 0.5) is 4.79 Å². The molecule has 0 spiro atoms. The molecule has 5 amide bonds. The van der Waals surface area contributed by atoms with E-state index in [0.29, 0.717) is 18.9 Å². The summed E-state index contributed by atoms with van der Waals surface area (Å²) in [7, 11) is 3.29. The van der Waals surface area contributed by atoms with Crippen LogP contribution in [0.5, 0.6) is 0 Å². The van der Waals surface area contributed by atoms with Crippen molar-refractivity contribution >= 4 is 41.3 Å². The minimum Gasteiger partial charge on any atom is -0.444 e. The van der Waals surface area contributed by atoms with Crippen molar-refractivity contribution in [1.29, 1.82) is 0 Å². The van der Waals surface area contributed by atoms with Gasteiger partial charge in [0.1, 0.15) is 23.7 Å². The largest absolute Gasteiger partial charge is 0.444 e. The van der Waals surface area contributed by atoms with E-state index in [1.807, 2.05) is 39.0 Å². The predicted molar refractivity (Wildman–Crippen MR) is 219 cm³/mol. The molecule has 0 bridgehead atoms. The standard InChI is InChI=1S/C31H53N3O6.C12H17N3O2/c1-11-21-17-34(28(38)26(30(5,6)7)33-29(39)40-31(8,9)10)24(22(21)15-18(2)3)27(37)32-23(25(36)19(4)35)16-20-13-12-14-20;1-15(2)12(17)11(14-10(16)8-13)9-6-4-3-5-7-9/h18,20-24,26H,11-17H2,1-10H3,(H,32,37)(H,33,39);3-7,11H,8,13H2,1-2H3,(H,14,16)/t21-,22-,23?,24?,26?;/m0./s1. The van der Waals surface area contributed by atoms with E-state index in [0.717, 1.165) is 37.7 Å². The van der Waals surface area contributed by atoms with Gasteiger partial charge in [-0.2, -0.15) is 0 Å². The molecule has 1 aliphatic heterocycles. The van der Waals surface area contributed by atoms with E-state index < -0.39 is 58.8 Å². The fourth-order valence-corrected chi connectivity index (χ4v) is 7.30. The number of carbonyl (C=O) groups is 7. The van der Waals surface area contributed by atoms with E-state index in [1.165, 1.54) is 11.8 Å². The van der Waals surface area contributed by atoms with Gasteiger partial charge in [0.15, 0.2) is 5.78 Å². The number of nitrogens with one attached hydrogen (secondary N) is 3. The third-order valence-corrected chi connectivity index (χ3v) is 10.5. The summed E-state index contributed by atoms with van der Waals surface area (Å²) in [6.45, 7) is 18.6. The Bertz CT molecular complexity index is 1550. The van der Waals surface area contributed by atoms with Crippen LogP contribution in [0.3, 0.4) is 0 Å². The summed E-state index contributed by atoms with van der Waals surface area (Å²) >= 11 is 0. The molecule has 6 atom stereocenters. The minimum absolute atomic E-state index is 0.0813. The number of likely N-dealkylation sites (N-methyl/N-ethyl adjacent to an activating group) is 1. The Labute approximate surface area is 340 Å². The van der Waals surface area contributed by atoms with Gasteiger partial charge in [-0.05, 0) is 68.3 Å². The molecule has 2 fully saturated rings. The summed E-state index contributed by atoms with van der Waals surface area (Å²) in [4.78, 5) is 92.2. The molecule has 1 heterocycles. The molecule has 1 aromatic rings. The third-order valence-electron chi connectivity index (χ3n) is 10.5. The number of ether oxygens (including phenoxy) is 1. The number of nitrogens with zero attached hydrogens (tertiary/aromatic N) is 2. The molecule has 14 nitrogen and oxygen atoms in total. The van der Waals surface area contributed by atoms with Crippen LogP contribution in [0, 0.1) is 29.1 Å². The Balaban J connectivity index is 0.000000548. The van der Waals surface area contributed by atoms with Crippen molar-refractivity contribution in [1.82, 2.24) is 25.8 Å². The molecule has 2 aliphatic rings. The van der Waals surface area contributed by atoms with Crippen LogP contribution in [0.15, 0.2) is 30.3 Å². The van der Waals surface area contributed by atoms with Gasteiger partial charge in [-0.15, -0.1) is 0 Å². The lowest BCUT2D eigenvalue weighted by atomic mass is 9.79. The SMILES string of the molecule is CC[C@H]1CN(C(=O)C(NC(=O)OC(C)(C)C)C(C)(C)C)C(C(=O)NC(CC2CCC2)C(=O)C(C)=O)[C@H]1CC(C)C.CN(C)C(=O)C(NC(=O)CN)c1ccccc1. The molecule has 5 N–H and O–H groups in total. The van der Waals surface area contributed by atoms with Crippen LogP contribution in [0.1, 0.15) is 119 Å². The monoisotopic (exact) mass is 799 g/mol. The average Bonchev–Trinajstić information content (AvgIpc) is 3.46. The summed E-state index contributed by atoms with van der Waals surface area (Å²) in [6, 6.07) is 5.76. The van der Waals surface area contributed by atoms with Gasteiger partial charge < -0.3 is 36.2 Å². The van der Waals surface area contributed by atoms with Gasteiger partial charge in [-0.3, -0.25) is 28.8 Å². The number of carbonyl (C=O) groups excluding carboxylic acids is 7. The molecule has 3 rings (SSSR count). The van der Waals surface area contributed by atoms with Crippen molar-refractivity contribution in [2.75, 3.05) is 27.2 Å². The highest BCUT2D eigenvalue weighted by Crippen LogP contribution is 2.39. The fraction of sp³-hybridized carbons (Fsp3) is 0.698. The average molecular weight is 799 g/mol. The number of hydrogen-bond acceptors (Lipinski definition) is 9. The van der Waals surface area contributed by atoms with Crippen LogP contribution in [-0.2, 0) is 33.5 Å². The highest BCUT2D eigenvalue weighted by atomic mass is 16.6. The Morgan fingerprint density at radius 1 is 0.912 bits per heavy atom. The van der Waals surface area contributed by atoms with E-state index in [2.05, 4.69) is 36.7 Å². The first-order valence-electron chi connectivity index (χ1n) is 20.3. The summed E-state index contributed by atoms with van der Waals surface area (Å²) in [5, 5.41) is 8.29. The van der Waals surface area contributed by atoms with Crippen molar-refractivity contribution in [3.63, 3.8) is 0 Å². The summed E-state index contributed by atoms with van der Waals surface area (Å²) in [5.41, 5.74) is 4.58. The molecule has 14 heteroatoms. The highest BCUT2D eigenvalue weighted by Gasteiger charge is 2.50. The molecule has 0 radical (unpaired) electrons. The van der Waals surface area contributed by atoms with Crippen molar-refractivity contribution in [2.45, 2.75) is 138 Å².